The monoisotopic (exact) mass is 380 g/mol. The van der Waals surface area contributed by atoms with Gasteiger partial charge in [-0.05, 0) is 49.9 Å². The molecule has 0 aromatic carbocycles. The summed E-state index contributed by atoms with van der Waals surface area (Å²) in [7, 11) is 0. The van der Waals surface area contributed by atoms with E-state index in [-0.39, 0.29) is 23.5 Å². The zero-order chi connectivity index (χ0) is 19.3. The number of unbranched alkanes of at least 4 members (excludes halogenated alkanes) is 1. The highest BCUT2D eigenvalue weighted by Crippen LogP contribution is 2.47. The van der Waals surface area contributed by atoms with E-state index in [1.165, 1.54) is 5.69 Å². The first-order valence-corrected chi connectivity index (χ1v) is 10.5. The van der Waals surface area contributed by atoms with Crippen molar-refractivity contribution in [1.82, 2.24) is 14.5 Å². The first-order chi connectivity index (χ1) is 13.6. The Morgan fingerprint density at radius 2 is 2.18 bits per heavy atom. The Balaban J connectivity index is 1.53. The van der Waals surface area contributed by atoms with Gasteiger partial charge in [0.25, 0.3) is 0 Å². The highest BCUT2D eigenvalue weighted by molar-refractivity contribution is 5.81. The molecule has 4 heterocycles. The third kappa shape index (κ3) is 2.50. The highest BCUT2D eigenvalue weighted by atomic mass is 16.3. The lowest BCUT2D eigenvalue weighted by Gasteiger charge is -2.47. The van der Waals surface area contributed by atoms with Gasteiger partial charge in [0.05, 0.1) is 17.5 Å². The summed E-state index contributed by atoms with van der Waals surface area (Å²) in [4.78, 5) is 22.2. The van der Waals surface area contributed by atoms with Gasteiger partial charge in [0, 0.05) is 37.9 Å². The van der Waals surface area contributed by atoms with Crippen LogP contribution in [0.2, 0.25) is 0 Å². The van der Waals surface area contributed by atoms with Crippen molar-refractivity contribution in [2.24, 2.45) is 5.92 Å². The van der Waals surface area contributed by atoms with Gasteiger partial charge in [-0.25, -0.2) is 4.98 Å². The standard InChI is InChI=1S/C22H28N4O2/c1-2-3-11-26-18-6-4-9-23-20(18)25-10-5-7-19(25)22(26)8-12-24(15-22)21(28)16-13-17(27)14-16/h4-7,9-10,16-17,27H,2-3,8,11-15H2,1H3/t16?,17?,22-/m1/s1. The molecule has 2 aromatic rings. The zero-order valence-electron chi connectivity index (χ0n) is 16.4. The highest BCUT2D eigenvalue weighted by Gasteiger charge is 2.51. The molecular formula is C22H28N4O2. The lowest BCUT2D eigenvalue weighted by atomic mass is 9.81. The second-order valence-electron chi connectivity index (χ2n) is 8.48. The van der Waals surface area contributed by atoms with Crippen LogP contribution in [0.25, 0.3) is 5.82 Å². The molecule has 1 saturated heterocycles. The topological polar surface area (TPSA) is 61.6 Å². The molecule has 0 bridgehead atoms. The zero-order valence-corrected chi connectivity index (χ0v) is 16.4. The smallest absolute Gasteiger partial charge is 0.225 e. The van der Waals surface area contributed by atoms with Crippen LogP contribution in [0.3, 0.4) is 0 Å². The Kier molecular flexibility index (Phi) is 4.19. The molecule has 28 heavy (non-hydrogen) atoms. The molecule has 1 amide bonds. The number of hydrogen-bond acceptors (Lipinski definition) is 4. The van der Waals surface area contributed by atoms with Crippen LogP contribution in [0.5, 0.6) is 0 Å². The molecule has 148 valence electrons. The number of anilines is 1. The summed E-state index contributed by atoms with van der Waals surface area (Å²) in [5, 5.41) is 9.61. The molecule has 1 atom stereocenters. The summed E-state index contributed by atoms with van der Waals surface area (Å²) >= 11 is 0. The fraction of sp³-hybridized carbons (Fsp3) is 0.545. The lowest BCUT2D eigenvalue weighted by molar-refractivity contribution is -0.141. The number of aliphatic hydroxyl groups is 1. The molecule has 2 aromatic heterocycles. The summed E-state index contributed by atoms with van der Waals surface area (Å²) in [6.07, 6.45) is 8.05. The second-order valence-corrected chi connectivity index (χ2v) is 8.48. The van der Waals surface area contributed by atoms with E-state index in [0.717, 1.165) is 43.9 Å². The molecule has 0 radical (unpaired) electrons. The predicted octanol–water partition coefficient (Wildman–Crippen LogP) is 2.69. The molecule has 6 heteroatoms. The van der Waals surface area contributed by atoms with Crippen LogP contribution in [0, 0.1) is 5.92 Å². The third-order valence-electron chi connectivity index (χ3n) is 6.78. The minimum Gasteiger partial charge on any atom is -0.393 e. The van der Waals surface area contributed by atoms with Gasteiger partial charge < -0.3 is 19.5 Å². The molecule has 0 unspecified atom stereocenters. The summed E-state index contributed by atoms with van der Waals surface area (Å²) in [5.74, 6) is 1.20. The van der Waals surface area contributed by atoms with Crippen LogP contribution in [0.4, 0.5) is 5.69 Å². The molecular weight excluding hydrogens is 352 g/mol. The number of aliphatic hydroxyl groups excluding tert-OH is 1. The quantitative estimate of drug-likeness (QED) is 0.886. The number of amides is 1. The Morgan fingerprint density at radius 1 is 1.32 bits per heavy atom. The number of carbonyl (C=O) groups is 1. The normalized spacial score (nSPS) is 28.2. The second kappa shape index (κ2) is 6.62. The lowest BCUT2D eigenvalue weighted by Crippen LogP contribution is -2.53. The van der Waals surface area contributed by atoms with Crippen molar-refractivity contribution < 1.29 is 9.90 Å². The number of rotatable bonds is 4. The van der Waals surface area contributed by atoms with Gasteiger partial charge in [-0.15, -0.1) is 0 Å². The maximum absolute atomic E-state index is 13.0. The Hall–Kier alpha value is -2.34. The maximum atomic E-state index is 13.0. The summed E-state index contributed by atoms with van der Waals surface area (Å²) in [5.41, 5.74) is 2.19. The molecule has 5 rings (SSSR count). The van der Waals surface area contributed by atoms with Crippen LogP contribution >= 0.6 is 0 Å². The van der Waals surface area contributed by atoms with E-state index in [4.69, 9.17) is 0 Å². The number of hydrogen-bond donors (Lipinski definition) is 1. The van der Waals surface area contributed by atoms with Crippen molar-refractivity contribution in [2.75, 3.05) is 24.5 Å². The van der Waals surface area contributed by atoms with Crippen molar-refractivity contribution in [3.63, 3.8) is 0 Å². The van der Waals surface area contributed by atoms with Crippen LogP contribution in [0.1, 0.15) is 44.7 Å². The van der Waals surface area contributed by atoms with E-state index in [9.17, 15) is 9.90 Å². The SMILES string of the molecule is CCCCN1c2cccnc2-n2cccc2[C@]12CCN(C(=O)C1CC(O)C1)C2. The average Bonchev–Trinajstić information content (AvgIpc) is 3.34. The summed E-state index contributed by atoms with van der Waals surface area (Å²) < 4.78 is 2.21. The molecule has 2 fully saturated rings. The molecule has 2 aliphatic heterocycles. The van der Waals surface area contributed by atoms with Crippen molar-refractivity contribution in [1.29, 1.82) is 0 Å². The fourth-order valence-electron chi connectivity index (χ4n) is 5.21. The largest absolute Gasteiger partial charge is 0.393 e. The molecule has 1 saturated carbocycles. The van der Waals surface area contributed by atoms with Crippen molar-refractivity contribution in [3.05, 3.63) is 42.4 Å². The van der Waals surface area contributed by atoms with Crippen LogP contribution in [-0.4, -0.2) is 51.2 Å². The van der Waals surface area contributed by atoms with E-state index in [1.807, 2.05) is 17.2 Å². The average molecular weight is 380 g/mol. The Morgan fingerprint density at radius 3 is 2.96 bits per heavy atom. The van der Waals surface area contributed by atoms with Gasteiger partial charge in [-0.3, -0.25) is 4.79 Å². The number of likely N-dealkylation sites (tertiary alicyclic amines) is 1. The first-order valence-electron chi connectivity index (χ1n) is 10.5. The van der Waals surface area contributed by atoms with Gasteiger partial charge in [0.2, 0.25) is 5.91 Å². The summed E-state index contributed by atoms with van der Waals surface area (Å²) in [6, 6.07) is 8.45. The van der Waals surface area contributed by atoms with Crippen molar-refractivity contribution in [2.45, 2.75) is 50.7 Å². The molecule has 1 aliphatic carbocycles. The van der Waals surface area contributed by atoms with Gasteiger partial charge in [-0.1, -0.05) is 13.3 Å². The van der Waals surface area contributed by atoms with Crippen molar-refractivity contribution >= 4 is 11.6 Å². The van der Waals surface area contributed by atoms with E-state index in [2.05, 4.69) is 45.8 Å². The van der Waals surface area contributed by atoms with Crippen LogP contribution < -0.4 is 4.90 Å². The van der Waals surface area contributed by atoms with Gasteiger partial charge in [0.1, 0.15) is 5.54 Å². The van der Waals surface area contributed by atoms with E-state index in [0.29, 0.717) is 19.4 Å². The number of fused-ring (bicyclic) bond motifs is 4. The molecule has 1 N–H and O–H groups in total. The van der Waals surface area contributed by atoms with Crippen LogP contribution in [0.15, 0.2) is 36.7 Å². The molecule has 3 aliphatic rings. The first kappa shape index (κ1) is 17.7. The fourth-order valence-corrected chi connectivity index (χ4v) is 5.21. The minimum absolute atomic E-state index is 0.00132. The van der Waals surface area contributed by atoms with Gasteiger partial charge in [0.15, 0.2) is 5.82 Å². The minimum atomic E-state index is -0.295. The number of nitrogens with zero attached hydrogens (tertiary/aromatic N) is 4. The maximum Gasteiger partial charge on any atom is 0.225 e. The van der Waals surface area contributed by atoms with E-state index in [1.54, 1.807) is 0 Å². The van der Waals surface area contributed by atoms with Gasteiger partial charge in [-0.2, -0.15) is 0 Å². The Bertz CT molecular complexity index is 888. The third-order valence-corrected chi connectivity index (χ3v) is 6.78. The molecule has 6 nitrogen and oxygen atoms in total. The van der Waals surface area contributed by atoms with E-state index < -0.39 is 0 Å². The van der Waals surface area contributed by atoms with Gasteiger partial charge >= 0.3 is 0 Å². The van der Waals surface area contributed by atoms with Crippen LogP contribution in [-0.2, 0) is 10.3 Å². The number of aromatic nitrogens is 2. The summed E-state index contributed by atoms with van der Waals surface area (Å²) in [6.45, 7) is 4.66. The molecule has 1 spiro atoms. The number of carbonyl (C=O) groups excluding carboxylic acids is 1. The number of pyridine rings is 1. The Labute approximate surface area is 165 Å². The predicted molar refractivity (Wildman–Crippen MR) is 107 cm³/mol. The van der Waals surface area contributed by atoms with E-state index >= 15 is 0 Å². The van der Waals surface area contributed by atoms with Crippen molar-refractivity contribution in [3.8, 4) is 5.82 Å².